The predicted octanol–water partition coefficient (Wildman–Crippen LogP) is 6.68. The Kier molecular flexibility index (Phi) is 8.69. The number of aromatic nitrogens is 1. The van der Waals surface area contributed by atoms with Crippen molar-refractivity contribution in [2.75, 3.05) is 6.61 Å². The molecule has 0 saturated heterocycles. The van der Waals surface area contributed by atoms with E-state index in [0.29, 0.717) is 6.61 Å². The molecule has 2 aromatic carbocycles. The van der Waals surface area contributed by atoms with E-state index in [9.17, 15) is 5.11 Å². The Morgan fingerprint density at radius 1 is 0.938 bits per heavy atom. The Morgan fingerprint density at radius 3 is 2.28 bits per heavy atom. The summed E-state index contributed by atoms with van der Waals surface area (Å²) in [5.41, 5.74) is 6.56. The van der Waals surface area contributed by atoms with Crippen LogP contribution in [-0.2, 0) is 19.4 Å². The molecule has 0 amide bonds. The molecular weight excluding hydrogens is 398 g/mol. The van der Waals surface area contributed by atoms with Crippen molar-refractivity contribution in [3.05, 3.63) is 77.0 Å². The summed E-state index contributed by atoms with van der Waals surface area (Å²) in [4.78, 5) is 4.89. The van der Waals surface area contributed by atoms with Gasteiger partial charge in [0.25, 0.3) is 0 Å². The van der Waals surface area contributed by atoms with Gasteiger partial charge in [0, 0.05) is 17.8 Å². The van der Waals surface area contributed by atoms with Crippen LogP contribution >= 0.6 is 0 Å². The van der Waals surface area contributed by atoms with E-state index in [2.05, 4.69) is 45.0 Å². The average Bonchev–Trinajstić information content (AvgIpc) is 2.83. The van der Waals surface area contributed by atoms with Crippen LogP contribution in [0.15, 0.2) is 54.7 Å². The highest BCUT2D eigenvalue weighted by Gasteiger charge is 2.21. The van der Waals surface area contributed by atoms with Crippen LogP contribution < -0.4 is 9.47 Å². The van der Waals surface area contributed by atoms with Gasteiger partial charge >= 0.3 is 0 Å². The van der Waals surface area contributed by atoms with Crippen molar-refractivity contribution in [3.8, 4) is 22.8 Å². The maximum atomic E-state index is 9.47. The minimum Gasteiger partial charge on any atom is -0.493 e. The van der Waals surface area contributed by atoms with E-state index in [1.807, 2.05) is 37.4 Å². The SMILES string of the molecule is CCCC(Oc1cccc(CO)c1)c1cnc(-c2c(CC)cccc2CC)cc1OCC. The Hall–Kier alpha value is -2.85. The van der Waals surface area contributed by atoms with Gasteiger partial charge in [-0.15, -0.1) is 0 Å². The highest BCUT2D eigenvalue weighted by Crippen LogP contribution is 2.36. The maximum absolute atomic E-state index is 9.47. The van der Waals surface area contributed by atoms with Gasteiger partial charge in [0.15, 0.2) is 0 Å². The molecule has 0 radical (unpaired) electrons. The Bertz CT molecular complexity index is 993. The van der Waals surface area contributed by atoms with Crippen LogP contribution in [0.4, 0.5) is 0 Å². The number of aryl methyl sites for hydroxylation is 2. The molecular formula is C28H35NO3. The van der Waals surface area contributed by atoms with Gasteiger partial charge in [-0.3, -0.25) is 4.98 Å². The van der Waals surface area contributed by atoms with E-state index in [4.69, 9.17) is 14.5 Å². The topological polar surface area (TPSA) is 51.6 Å². The molecule has 0 bridgehead atoms. The third-order valence-electron chi connectivity index (χ3n) is 5.71. The fourth-order valence-electron chi connectivity index (χ4n) is 4.10. The van der Waals surface area contributed by atoms with Gasteiger partial charge in [-0.2, -0.15) is 0 Å². The number of aliphatic hydroxyl groups excluding tert-OH is 1. The molecule has 170 valence electrons. The zero-order chi connectivity index (χ0) is 22.9. The third kappa shape index (κ3) is 5.49. The first-order chi connectivity index (χ1) is 15.6. The monoisotopic (exact) mass is 433 g/mol. The molecule has 1 aromatic heterocycles. The van der Waals surface area contributed by atoms with E-state index in [1.165, 1.54) is 16.7 Å². The van der Waals surface area contributed by atoms with Crippen molar-refractivity contribution in [2.24, 2.45) is 0 Å². The molecule has 32 heavy (non-hydrogen) atoms. The standard InChI is InChI=1S/C28H35NO3/c1-5-11-26(32-23-15-9-12-20(16-23)19-30)24-18-29-25(17-27(24)31-8-4)28-21(6-2)13-10-14-22(28)7-3/h9-10,12-18,26,30H,5-8,11,19H2,1-4H3. The van der Waals surface area contributed by atoms with Crippen LogP contribution in [0.25, 0.3) is 11.3 Å². The first kappa shape index (κ1) is 23.8. The largest absolute Gasteiger partial charge is 0.493 e. The first-order valence-corrected chi connectivity index (χ1v) is 11.7. The van der Waals surface area contributed by atoms with Crippen molar-refractivity contribution >= 4 is 0 Å². The molecule has 0 aliphatic carbocycles. The fraction of sp³-hybridized carbons (Fsp3) is 0.393. The number of benzene rings is 2. The molecule has 1 atom stereocenters. The number of hydrogen-bond acceptors (Lipinski definition) is 4. The number of ether oxygens (including phenoxy) is 2. The molecule has 0 fully saturated rings. The lowest BCUT2D eigenvalue weighted by Crippen LogP contribution is -2.11. The van der Waals surface area contributed by atoms with Crippen LogP contribution in [0.1, 0.15) is 68.9 Å². The van der Waals surface area contributed by atoms with Crippen LogP contribution in [0, 0.1) is 0 Å². The maximum Gasteiger partial charge on any atom is 0.129 e. The highest BCUT2D eigenvalue weighted by atomic mass is 16.5. The van der Waals surface area contributed by atoms with Gasteiger partial charge in [-0.25, -0.2) is 0 Å². The second-order valence-corrected chi connectivity index (χ2v) is 7.90. The molecule has 1 N–H and O–H groups in total. The summed E-state index contributed by atoms with van der Waals surface area (Å²) < 4.78 is 12.5. The van der Waals surface area contributed by atoms with Crippen molar-refractivity contribution in [2.45, 2.75) is 66.1 Å². The Labute approximate surface area is 192 Å². The lowest BCUT2D eigenvalue weighted by Gasteiger charge is -2.23. The van der Waals surface area contributed by atoms with Crippen LogP contribution in [0.2, 0.25) is 0 Å². The quantitative estimate of drug-likeness (QED) is 0.366. The summed E-state index contributed by atoms with van der Waals surface area (Å²) in [7, 11) is 0. The molecule has 1 heterocycles. The predicted molar refractivity (Wildman–Crippen MR) is 130 cm³/mol. The second kappa shape index (κ2) is 11.7. The van der Waals surface area contributed by atoms with E-state index in [0.717, 1.165) is 54.0 Å². The summed E-state index contributed by atoms with van der Waals surface area (Å²) >= 11 is 0. The van der Waals surface area contributed by atoms with Crippen molar-refractivity contribution in [1.82, 2.24) is 4.98 Å². The molecule has 0 aliphatic rings. The van der Waals surface area contributed by atoms with Crippen LogP contribution in [0.5, 0.6) is 11.5 Å². The molecule has 3 aromatic rings. The minimum atomic E-state index is -0.177. The average molecular weight is 434 g/mol. The summed E-state index contributed by atoms with van der Waals surface area (Å²) in [6.07, 6.45) is 5.47. The number of rotatable bonds is 11. The van der Waals surface area contributed by atoms with Gasteiger partial charge in [-0.05, 0) is 55.0 Å². The zero-order valence-corrected chi connectivity index (χ0v) is 19.7. The zero-order valence-electron chi connectivity index (χ0n) is 19.7. The van der Waals surface area contributed by atoms with E-state index >= 15 is 0 Å². The molecule has 0 aliphatic heterocycles. The smallest absolute Gasteiger partial charge is 0.129 e. The summed E-state index contributed by atoms with van der Waals surface area (Å²) in [5, 5.41) is 9.47. The summed E-state index contributed by atoms with van der Waals surface area (Å²) in [5.74, 6) is 1.56. The lowest BCUT2D eigenvalue weighted by molar-refractivity contribution is 0.186. The number of hydrogen-bond donors (Lipinski definition) is 1. The van der Waals surface area contributed by atoms with Gasteiger partial charge in [-0.1, -0.05) is 57.5 Å². The normalized spacial score (nSPS) is 11.9. The molecule has 0 spiro atoms. The third-order valence-corrected chi connectivity index (χ3v) is 5.71. The minimum absolute atomic E-state index is 0.00725. The fourth-order valence-corrected chi connectivity index (χ4v) is 4.10. The van der Waals surface area contributed by atoms with Gasteiger partial charge in [0.2, 0.25) is 0 Å². The molecule has 3 rings (SSSR count). The van der Waals surface area contributed by atoms with Crippen LogP contribution in [0.3, 0.4) is 0 Å². The first-order valence-electron chi connectivity index (χ1n) is 11.7. The number of aliphatic hydroxyl groups is 1. The van der Waals surface area contributed by atoms with E-state index < -0.39 is 0 Å². The molecule has 1 unspecified atom stereocenters. The van der Waals surface area contributed by atoms with Crippen molar-refractivity contribution < 1.29 is 14.6 Å². The Morgan fingerprint density at radius 2 is 1.66 bits per heavy atom. The van der Waals surface area contributed by atoms with Gasteiger partial charge < -0.3 is 14.6 Å². The molecule has 4 heteroatoms. The Balaban J connectivity index is 2.04. The second-order valence-electron chi connectivity index (χ2n) is 7.90. The van der Waals surface area contributed by atoms with E-state index in [-0.39, 0.29) is 12.7 Å². The molecule has 0 saturated carbocycles. The van der Waals surface area contributed by atoms with Crippen LogP contribution in [-0.4, -0.2) is 16.7 Å². The van der Waals surface area contributed by atoms with Gasteiger partial charge in [0.05, 0.1) is 24.5 Å². The highest BCUT2D eigenvalue weighted by molar-refractivity contribution is 5.69. The molecule has 4 nitrogen and oxygen atoms in total. The van der Waals surface area contributed by atoms with Crippen molar-refractivity contribution in [1.29, 1.82) is 0 Å². The number of pyridine rings is 1. The van der Waals surface area contributed by atoms with E-state index in [1.54, 1.807) is 0 Å². The van der Waals surface area contributed by atoms with Gasteiger partial charge in [0.1, 0.15) is 17.6 Å². The number of nitrogens with zero attached hydrogens (tertiary/aromatic N) is 1. The summed E-state index contributed by atoms with van der Waals surface area (Å²) in [6, 6.07) is 16.2. The van der Waals surface area contributed by atoms with Crippen molar-refractivity contribution in [3.63, 3.8) is 0 Å². The lowest BCUT2D eigenvalue weighted by atomic mass is 9.94. The summed E-state index contributed by atoms with van der Waals surface area (Å²) in [6.45, 7) is 9.08.